The molecule has 5 heterocycles. The highest BCUT2D eigenvalue weighted by atomic mass is 16.1. The molecule has 0 spiro atoms. The van der Waals surface area contributed by atoms with Gasteiger partial charge in [0.1, 0.15) is 11.6 Å². The molecule has 0 amide bonds. The average molecular weight is 350 g/mol. The number of nitrogens with zero attached hydrogens (tertiary/aromatic N) is 6. The van der Waals surface area contributed by atoms with E-state index in [0.29, 0.717) is 11.8 Å². The molecule has 2 aliphatic heterocycles. The monoisotopic (exact) mass is 350 g/mol. The van der Waals surface area contributed by atoms with Crippen LogP contribution in [0.1, 0.15) is 29.6 Å². The summed E-state index contributed by atoms with van der Waals surface area (Å²) in [4.78, 5) is 24.0. The van der Waals surface area contributed by atoms with Crippen molar-refractivity contribution in [2.24, 2.45) is 13.0 Å². The number of piperidine rings is 1. The lowest BCUT2D eigenvalue weighted by Gasteiger charge is -2.43. The van der Waals surface area contributed by atoms with Gasteiger partial charge in [0.05, 0.1) is 11.1 Å². The van der Waals surface area contributed by atoms with Crippen molar-refractivity contribution in [3.63, 3.8) is 0 Å². The molecule has 7 heteroatoms. The summed E-state index contributed by atoms with van der Waals surface area (Å²) >= 11 is 0. The fraction of sp³-hybridized carbons (Fsp3) is 0.474. The second-order valence-corrected chi connectivity index (χ2v) is 7.61. The minimum atomic E-state index is 0.119. The number of rotatable bonds is 1. The molecule has 134 valence electrons. The van der Waals surface area contributed by atoms with E-state index in [4.69, 9.17) is 4.98 Å². The minimum Gasteiger partial charge on any atom is -0.355 e. The summed E-state index contributed by atoms with van der Waals surface area (Å²) in [5.74, 6) is 2.57. The van der Waals surface area contributed by atoms with E-state index in [1.165, 1.54) is 0 Å². The Labute approximate surface area is 151 Å². The summed E-state index contributed by atoms with van der Waals surface area (Å²) in [6.45, 7) is 6.54. The zero-order valence-electron chi connectivity index (χ0n) is 15.3. The van der Waals surface area contributed by atoms with Crippen molar-refractivity contribution < 1.29 is 0 Å². The summed E-state index contributed by atoms with van der Waals surface area (Å²) in [5, 5.41) is 5.59. The first-order valence-corrected chi connectivity index (χ1v) is 9.14. The van der Waals surface area contributed by atoms with Gasteiger partial charge in [0, 0.05) is 44.4 Å². The summed E-state index contributed by atoms with van der Waals surface area (Å²) < 4.78 is 3.80. The van der Waals surface area contributed by atoms with Crippen LogP contribution < -0.4 is 10.5 Å². The fourth-order valence-electron chi connectivity index (χ4n) is 4.72. The first-order valence-electron chi connectivity index (χ1n) is 9.14. The number of hydrogen-bond donors (Lipinski definition) is 0. The molecule has 2 bridgehead atoms. The number of aryl methyl sites for hydroxylation is 3. The lowest BCUT2D eigenvalue weighted by Crippen LogP contribution is -2.47. The third-order valence-electron chi connectivity index (χ3n) is 5.73. The highest BCUT2D eigenvalue weighted by Gasteiger charge is 2.36. The molecule has 0 N–H and O–H groups in total. The topological polar surface area (TPSA) is 68.8 Å². The molecule has 26 heavy (non-hydrogen) atoms. The third kappa shape index (κ3) is 2.19. The molecular weight excluding hydrogens is 328 g/mol. The smallest absolute Gasteiger partial charge is 0.250 e. The van der Waals surface area contributed by atoms with Crippen LogP contribution in [-0.2, 0) is 13.6 Å². The maximum atomic E-state index is 12.2. The fourth-order valence-corrected chi connectivity index (χ4v) is 4.72. The molecule has 0 aromatic carbocycles. The molecule has 3 aromatic heterocycles. The van der Waals surface area contributed by atoms with Gasteiger partial charge < -0.3 is 9.47 Å². The lowest BCUT2D eigenvalue weighted by molar-refractivity contribution is 0.281. The van der Waals surface area contributed by atoms with Crippen LogP contribution in [0, 0.1) is 19.8 Å². The highest BCUT2D eigenvalue weighted by molar-refractivity contribution is 5.90. The van der Waals surface area contributed by atoms with Gasteiger partial charge >= 0.3 is 0 Å². The summed E-state index contributed by atoms with van der Waals surface area (Å²) in [6.07, 6.45) is 1.14. The van der Waals surface area contributed by atoms with E-state index in [2.05, 4.69) is 21.0 Å². The number of fused-ring (bicyclic) bond motifs is 5. The molecular formula is C19H22N6O. The lowest BCUT2D eigenvalue weighted by atomic mass is 9.83. The van der Waals surface area contributed by atoms with Gasteiger partial charge in [0.25, 0.3) is 5.56 Å². The van der Waals surface area contributed by atoms with Gasteiger partial charge in [-0.1, -0.05) is 6.07 Å². The van der Waals surface area contributed by atoms with E-state index in [9.17, 15) is 4.79 Å². The van der Waals surface area contributed by atoms with Crippen molar-refractivity contribution in [2.45, 2.75) is 32.7 Å². The molecule has 0 radical (unpaired) electrons. The van der Waals surface area contributed by atoms with Crippen LogP contribution in [0.15, 0.2) is 23.0 Å². The predicted octanol–water partition coefficient (Wildman–Crippen LogP) is 1.77. The quantitative estimate of drug-likeness (QED) is 0.669. The Balaban J connectivity index is 1.62. The molecule has 5 rings (SSSR count). The van der Waals surface area contributed by atoms with Crippen molar-refractivity contribution in [1.82, 2.24) is 24.3 Å². The molecule has 0 saturated carbocycles. The zero-order chi connectivity index (χ0) is 18.0. The van der Waals surface area contributed by atoms with E-state index in [-0.39, 0.29) is 5.56 Å². The number of anilines is 1. The van der Waals surface area contributed by atoms with Gasteiger partial charge in [-0.25, -0.2) is 9.97 Å². The molecule has 1 saturated heterocycles. The predicted molar refractivity (Wildman–Crippen MR) is 99.5 cm³/mol. The molecule has 7 nitrogen and oxygen atoms in total. The van der Waals surface area contributed by atoms with Crippen LogP contribution in [0.25, 0.3) is 11.0 Å². The van der Waals surface area contributed by atoms with Gasteiger partial charge in [-0.05, 0) is 32.3 Å². The Morgan fingerprint density at radius 1 is 1.12 bits per heavy atom. The SMILES string of the molecule is Cc1nc(N2C[C@H]3C[C@@H](C2)c2cccc(=O)n2C3)c2c(C)nn(C)c2n1. The summed E-state index contributed by atoms with van der Waals surface area (Å²) in [7, 11) is 1.93. The molecule has 2 atom stereocenters. The van der Waals surface area contributed by atoms with E-state index in [1.54, 1.807) is 6.07 Å². The van der Waals surface area contributed by atoms with E-state index < -0.39 is 0 Å². The Morgan fingerprint density at radius 2 is 1.96 bits per heavy atom. The van der Waals surface area contributed by atoms with Crippen LogP contribution >= 0.6 is 0 Å². The van der Waals surface area contributed by atoms with E-state index in [1.807, 2.05) is 36.2 Å². The van der Waals surface area contributed by atoms with Gasteiger partial charge in [-0.2, -0.15) is 5.10 Å². The average Bonchev–Trinajstić information content (AvgIpc) is 2.89. The van der Waals surface area contributed by atoms with E-state index >= 15 is 0 Å². The first-order chi connectivity index (χ1) is 12.5. The Hall–Kier alpha value is -2.70. The van der Waals surface area contributed by atoms with Crippen LogP contribution in [-0.4, -0.2) is 37.4 Å². The molecule has 0 aliphatic carbocycles. The van der Waals surface area contributed by atoms with Crippen molar-refractivity contribution in [3.8, 4) is 0 Å². The zero-order valence-corrected chi connectivity index (χ0v) is 15.3. The molecule has 2 aliphatic rings. The van der Waals surface area contributed by atoms with Crippen LogP contribution in [0.5, 0.6) is 0 Å². The van der Waals surface area contributed by atoms with Crippen molar-refractivity contribution in [2.75, 3.05) is 18.0 Å². The molecule has 0 unspecified atom stereocenters. The van der Waals surface area contributed by atoms with Gasteiger partial charge in [0.2, 0.25) is 0 Å². The molecule has 1 fully saturated rings. The third-order valence-corrected chi connectivity index (χ3v) is 5.73. The van der Waals surface area contributed by atoms with Gasteiger partial charge in [0.15, 0.2) is 5.65 Å². The van der Waals surface area contributed by atoms with E-state index in [0.717, 1.165) is 60.1 Å². The Bertz CT molecular complexity index is 1080. The van der Waals surface area contributed by atoms with Crippen molar-refractivity contribution in [1.29, 1.82) is 0 Å². The number of aromatic nitrogens is 5. The summed E-state index contributed by atoms with van der Waals surface area (Å²) in [5.41, 5.74) is 3.12. The van der Waals surface area contributed by atoms with Crippen LogP contribution in [0.3, 0.4) is 0 Å². The van der Waals surface area contributed by atoms with Crippen LogP contribution in [0.4, 0.5) is 5.82 Å². The van der Waals surface area contributed by atoms with Crippen LogP contribution in [0.2, 0.25) is 0 Å². The second-order valence-electron chi connectivity index (χ2n) is 7.61. The Morgan fingerprint density at radius 3 is 2.81 bits per heavy atom. The number of hydrogen-bond acceptors (Lipinski definition) is 5. The van der Waals surface area contributed by atoms with Crippen molar-refractivity contribution in [3.05, 3.63) is 45.8 Å². The highest BCUT2D eigenvalue weighted by Crippen LogP contribution is 2.38. The second kappa shape index (κ2) is 5.40. The maximum absolute atomic E-state index is 12.2. The van der Waals surface area contributed by atoms with Gasteiger partial charge in [-0.15, -0.1) is 0 Å². The first kappa shape index (κ1) is 15.5. The number of pyridine rings is 1. The van der Waals surface area contributed by atoms with Gasteiger partial charge in [-0.3, -0.25) is 9.48 Å². The summed E-state index contributed by atoms with van der Waals surface area (Å²) in [6, 6.07) is 5.65. The Kier molecular flexibility index (Phi) is 3.23. The van der Waals surface area contributed by atoms with Crippen molar-refractivity contribution >= 4 is 16.9 Å². The standard InChI is InChI=1S/C19H22N6O/c1-11-17-18(23(3)22-11)20-12(2)21-19(17)24-8-13-7-14(10-24)15-5-4-6-16(26)25(15)9-13/h4-6,13-14H,7-10H2,1-3H3/t13-,14+/m1/s1. The largest absolute Gasteiger partial charge is 0.355 e. The minimum absolute atomic E-state index is 0.119. The maximum Gasteiger partial charge on any atom is 0.250 e. The normalized spacial score (nSPS) is 21.9. The molecule has 3 aromatic rings.